The number of aryl methyl sites for hydroxylation is 1. The van der Waals surface area contributed by atoms with E-state index < -0.39 is 23.6 Å². The third kappa shape index (κ3) is 2.92. The Labute approximate surface area is 154 Å². The minimum Gasteiger partial charge on any atom is -0.481 e. The third-order valence-electron chi connectivity index (χ3n) is 5.09. The van der Waals surface area contributed by atoms with E-state index >= 15 is 0 Å². The van der Waals surface area contributed by atoms with E-state index in [9.17, 15) is 19.1 Å². The van der Waals surface area contributed by atoms with Crippen LogP contribution in [0.3, 0.4) is 0 Å². The first-order chi connectivity index (χ1) is 13.0. The molecule has 0 bridgehead atoms. The van der Waals surface area contributed by atoms with Crippen molar-refractivity contribution < 1.29 is 19.1 Å². The Balaban J connectivity index is 1.66. The molecule has 2 aromatic heterocycles. The van der Waals surface area contributed by atoms with Crippen LogP contribution in [0, 0.1) is 18.7 Å². The van der Waals surface area contributed by atoms with E-state index in [1.807, 2.05) is 0 Å². The number of hydrogen-bond donors (Lipinski definition) is 1. The molecule has 1 aromatic carbocycles. The van der Waals surface area contributed by atoms with E-state index in [2.05, 4.69) is 10.1 Å². The SMILES string of the molecule is Cc1c(C(=O)N2C[C@@H](C(=O)O)[C@H](c3cccc(F)c3)C2)cnc2ccnn12. The lowest BCUT2D eigenvalue weighted by Crippen LogP contribution is -2.31. The molecule has 0 aliphatic carbocycles. The molecule has 2 atom stereocenters. The van der Waals surface area contributed by atoms with Crippen LogP contribution in [0.25, 0.3) is 5.65 Å². The molecule has 1 amide bonds. The molecule has 4 rings (SSSR count). The second-order valence-corrected chi connectivity index (χ2v) is 6.67. The summed E-state index contributed by atoms with van der Waals surface area (Å²) >= 11 is 0. The fourth-order valence-electron chi connectivity index (χ4n) is 3.67. The van der Waals surface area contributed by atoms with Gasteiger partial charge < -0.3 is 10.0 Å². The number of amides is 1. The lowest BCUT2D eigenvalue weighted by Gasteiger charge is -2.18. The molecule has 138 valence electrons. The number of aliphatic carboxylic acids is 1. The highest BCUT2D eigenvalue weighted by Crippen LogP contribution is 2.34. The van der Waals surface area contributed by atoms with Crippen LogP contribution < -0.4 is 0 Å². The van der Waals surface area contributed by atoms with E-state index in [1.165, 1.54) is 23.2 Å². The van der Waals surface area contributed by atoms with Gasteiger partial charge in [-0.3, -0.25) is 9.59 Å². The Hall–Kier alpha value is -3.29. The summed E-state index contributed by atoms with van der Waals surface area (Å²) in [4.78, 5) is 30.5. The van der Waals surface area contributed by atoms with Crippen molar-refractivity contribution >= 4 is 17.5 Å². The fraction of sp³-hybridized carbons (Fsp3) is 0.263. The van der Waals surface area contributed by atoms with Gasteiger partial charge in [-0.2, -0.15) is 5.10 Å². The van der Waals surface area contributed by atoms with Gasteiger partial charge in [-0.15, -0.1) is 0 Å². The lowest BCUT2D eigenvalue weighted by molar-refractivity contribution is -0.141. The van der Waals surface area contributed by atoms with Gasteiger partial charge in [-0.25, -0.2) is 13.9 Å². The number of fused-ring (bicyclic) bond motifs is 1. The summed E-state index contributed by atoms with van der Waals surface area (Å²) in [6.45, 7) is 2.03. The molecule has 7 nitrogen and oxygen atoms in total. The van der Waals surface area contributed by atoms with Gasteiger partial charge >= 0.3 is 5.97 Å². The lowest BCUT2D eigenvalue weighted by atomic mass is 9.89. The number of halogens is 1. The minimum atomic E-state index is -1.00. The maximum Gasteiger partial charge on any atom is 0.308 e. The zero-order valence-corrected chi connectivity index (χ0v) is 14.5. The van der Waals surface area contributed by atoms with Crippen LogP contribution >= 0.6 is 0 Å². The monoisotopic (exact) mass is 368 g/mol. The highest BCUT2D eigenvalue weighted by molar-refractivity contribution is 5.96. The quantitative estimate of drug-likeness (QED) is 0.765. The molecule has 0 saturated carbocycles. The maximum absolute atomic E-state index is 13.6. The molecule has 1 aliphatic rings. The largest absolute Gasteiger partial charge is 0.481 e. The molecule has 0 unspecified atom stereocenters. The first kappa shape index (κ1) is 17.1. The van der Waals surface area contributed by atoms with Crippen LogP contribution in [0.1, 0.15) is 27.5 Å². The molecule has 3 aromatic rings. The molecule has 1 aliphatic heterocycles. The van der Waals surface area contributed by atoms with Gasteiger partial charge in [0, 0.05) is 31.3 Å². The van der Waals surface area contributed by atoms with Crippen molar-refractivity contribution in [3.8, 4) is 0 Å². The highest BCUT2D eigenvalue weighted by atomic mass is 19.1. The van der Waals surface area contributed by atoms with Gasteiger partial charge in [0.1, 0.15) is 5.82 Å². The number of carboxylic acids is 1. The van der Waals surface area contributed by atoms with Crippen molar-refractivity contribution in [1.29, 1.82) is 0 Å². The second-order valence-electron chi connectivity index (χ2n) is 6.67. The van der Waals surface area contributed by atoms with Crippen molar-refractivity contribution in [2.75, 3.05) is 13.1 Å². The predicted molar refractivity (Wildman–Crippen MR) is 93.9 cm³/mol. The number of nitrogens with zero attached hydrogens (tertiary/aromatic N) is 4. The molecular weight excluding hydrogens is 351 g/mol. The summed E-state index contributed by atoms with van der Waals surface area (Å²) < 4.78 is 15.2. The Morgan fingerprint density at radius 2 is 2.07 bits per heavy atom. The molecule has 3 heterocycles. The van der Waals surface area contributed by atoms with Crippen LogP contribution in [-0.4, -0.2) is 49.6 Å². The van der Waals surface area contributed by atoms with E-state index in [-0.39, 0.29) is 19.0 Å². The minimum absolute atomic E-state index is 0.0614. The van der Waals surface area contributed by atoms with E-state index in [0.717, 1.165) is 0 Å². The van der Waals surface area contributed by atoms with Gasteiger partial charge in [-0.1, -0.05) is 12.1 Å². The van der Waals surface area contributed by atoms with Crippen LogP contribution in [0.5, 0.6) is 0 Å². The molecule has 0 spiro atoms. The number of carbonyl (C=O) groups is 2. The molecule has 1 saturated heterocycles. The summed E-state index contributed by atoms with van der Waals surface area (Å²) in [6, 6.07) is 7.62. The van der Waals surface area contributed by atoms with Gasteiger partial charge in [0.15, 0.2) is 5.65 Å². The summed E-state index contributed by atoms with van der Waals surface area (Å²) in [5.41, 5.74) is 2.22. The Morgan fingerprint density at radius 1 is 1.26 bits per heavy atom. The number of aromatic nitrogens is 3. The smallest absolute Gasteiger partial charge is 0.308 e. The standard InChI is InChI=1S/C19H17FN4O3/c1-11-14(8-21-17-5-6-22-24(11)17)18(25)23-9-15(16(10-23)19(26)27)12-3-2-4-13(20)7-12/h2-8,15-16H,9-10H2,1H3,(H,26,27)/t15-,16+/m0/s1. The zero-order chi connectivity index (χ0) is 19.1. The van der Waals surface area contributed by atoms with E-state index in [0.29, 0.717) is 22.5 Å². The number of carbonyl (C=O) groups excluding carboxylic acids is 1. The Kier molecular flexibility index (Phi) is 4.10. The van der Waals surface area contributed by atoms with Crippen LogP contribution in [0.4, 0.5) is 4.39 Å². The van der Waals surface area contributed by atoms with Gasteiger partial charge in [-0.05, 0) is 24.6 Å². The number of benzene rings is 1. The topological polar surface area (TPSA) is 87.8 Å². The van der Waals surface area contributed by atoms with Crippen molar-refractivity contribution in [1.82, 2.24) is 19.5 Å². The maximum atomic E-state index is 13.6. The average molecular weight is 368 g/mol. The molecule has 0 radical (unpaired) electrons. The molecule has 8 heteroatoms. The number of rotatable bonds is 3. The number of hydrogen-bond acceptors (Lipinski definition) is 4. The van der Waals surface area contributed by atoms with Crippen LogP contribution in [0.2, 0.25) is 0 Å². The second kappa shape index (κ2) is 6.46. The number of likely N-dealkylation sites (tertiary alicyclic amines) is 1. The Morgan fingerprint density at radius 3 is 2.81 bits per heavy atom. The van der Waals surface area contributed by atoms with Crippen LogP contribution in [0.15, 0.2) is 42.7 Å². The Bertz CT molecular complexity index is 1050. The van der Waals surface area contributed by atoms with Gasteiger partial charge in [0.25, 0.3) is 5.91 Å². The van der Waals surface area contributed by atoms with Crippen molar-refractivity contribution in [2.24, 2.45) is 5.92 Å². The molecular formula is C19H17FN4O3. The van der Waals surface area contributed by atoms with Gasteiger partial charge in [0.05, 0.1) is 23.4 Å². The summed E-state index contributed by atoms with van der Waals surface area (Å²) in [5, 5.41) is 13.7. The highest BCUT2D eigenvalue weighted by Gasteiger charge is 2.41. The van der Waals surface area contributed by atoms with Crippen molar-refractivity contribution in [2.45, 2.75) is 12.8 Å². The van der Waals surface area contributed by atoms with Crippen molar-refractivity contribution in [3.63, 3.8) is 0 Å². The van der Waals surface area contributed by atoms with Crippen LogP contribution in [-0.2, 0) is 4.79 Å². The first-order valence-corrected chi connectivity index (χ1v) is 8.52. The van der Waals surface area contributed by atoms with E-state index in [1.54, 1.807) is 35.8 Å². The first-order valence-electron chi connectivity index (χ1n) is 8.52. The van der Waals surface area contributed by atoms with E-state index in [4.69, 9.17) is 0 Å². The summed E-state index contributed by atoms with van der Waals surface area (Å²) in [5.74, 6) is -2.99. The average Bonchev–Trinajstić information content (AvgIpc) is 3.29. The fourth-order valence-corrected chi connectivity index (χ4v) is 3.67. The molecule has 1 fully saturated rings. The summed E-state index contributed by atoms with van der Waals surface area (Å²) in [6.07, 6.45) is 3.08. The summed E-state index contributed by atoms with van der Waals surface area (Å²) in [7, 11) is 0. The van der Waals surface area contributed by atoms with Gasteiger partial charge in [0.2, 0.25) is 0 Å². The zero-order valence-electron chi connectivity index (χ0n) is 14.5. The number of carboxylic acid groups (broad SMARTS) is 1. The normalized spacial score (nSPS) is 19.6. The predicted octanol–water partition coefficient (Wildman–Crippen LogP) is 2.12. The molecule has 27 heavy (non-hydrogen) atoms. The molecule has 1 N–H and O–H groups in total. The van der Waals surface area contributed by atoms with Crippen molar-refractivity contribution in [3.05, 3.63) is 65.4 Å². The third-order valence-corrected chi connectivity index (χ3v) is 5.09.